The first kappa shape index (κ1) is 68.1. The Morgan fingerprint density at radius 3 is 2.08 bits per heavy atom. The van der Waals surface area contributed by atoms with E-state index >= 15 is 4.39 Å². The summed E-state index contributed by atoms with van der Waals surface area (Å²) in [5, 5.41) is 13.0. The number of likely N-dealkylation sites (N-methyl/N-ethyl adjacent to an activating group) is 3. The number of carbonyl (C=O) groups is 9. The number of esters is 2. The Morgan fingerprint density at radius 1 is 0.722 bits per heavy atom. The number of cyclic esters (lactones) is 2. The number of hydrogen-bond donors (Lipinski definition) is 2. The van der Waals surface area contributed by atoms with E-state index in [0.717, 1.165) is 17.2 Å². The summed E-state index contributed by atoms with van der Waals surface area (Å²) < 4.78 is 44.5. The number of nitrogens with one attached hydrogen (secondary N) is 1. The second-order valence-corrected chi connectivity index (χ2v) is 23.3. The number of Topliss-reactive ketones (excluding diaryl/α,β-unsaturated/α-hetero) is 2. The number of benzene rings is 5. The van der Waals surface area contributed by atoms with Crippen molar-refractivity contribution >= 4 is 53.0 Å². The largest absolute Gasteiger partial charge is 0.508 e. The minimum atomic E-state index is -1.55. The predicted octanol–water partition coefficient (Wildman–Crippen LogP) is 7.16. The monoisotopic (exact) mass is 1240 g/mol. The number of piperidine rings is 1. The maximum absolute atomic E-state index is 16.0. The molecule has 5 aromatic rings. The lowest BCUT2D eigenvalue weighted by atomic mass is 9.87. The van der Waals surface area contributed by atoms with Crippen molar-refractivity contribution in [3.63, 3.8) is 0 Å². The third kappa shape index (κ3) is 18.6. The molecular formula is C69H80FN5O15. The summed E-state index contributed by atoms with van der Waals surface area (Å²) in [6, 6.07) is 30.1. The molecule has 0 radical (unpaired) electrons. The Kier molecular flexibility index (Phi) is 24.4. The lowest BCUT2D eigenvalue weighted by Gasteiger charge is -2.36. The average molecular weight is 1240 g/mol. The molecule has 7 rings (SSSR count). The number of fused-ring (bicyclic) bond motifs is 3. The number of nitrogens with zero attached hydrogens (tertiary/aromatic N) is 4. The molecule has 0 spiro atoms. The highest BCUT2D eigenvalue weighted by atomic mass is 19.1. The van der Waals surface area contributed by atoms with E-state index in [1.807, 2.05) is 36.4 Å². The number of carbonyl (C=O) groups excluding carboxylic acids is 9. The first-order valence-corrected chi connectivity index (χ1v) is 30.0. The summed E-state index contributed by atoms with van der Waals surface area (Å²) in [5.74, 6) is -7.92. The first-order valence-electron chi connectivity index (χ1n) is 30.0. The molecule has 21 heteroatoms. The fraction of sp³-hybridized carbons (Fsp3) is 0.406. The van der Waals surface area contributed by atoms with E-state index in [1.165, 1.54) is 86.0 Å². The van der Waals surface area contributed by atoms with Crippen LogP contribution in [0.3, 0.4) is 0 Å². The fourth-order valence-corrected chi connectivity index (χ4v) is 10.9. The number of halogens is 1. The Hall–Kier alpha value is -9.40. The van der Waals surface area contributed by atoms with Crippen LogP contribution in [0.4, 0.5) is 4.39 Å². The summed E-state index contributed by atoms with van der Waals surface area (Å²) in [6.45, 7) is 1.44. The number of amides is 5. The first-order chi connectivity index (χ1) is 43.1. The zero-order valence-corrected chi connectivity index (χ0v) is 52.0. The Morgan fingerprint density at radius 2 is 1.40 bits per heavy atom. The number of aryl methyl sites for hydroxylation is 1. The number of ketones is 2. The van der Waals surface area contributed by atoms with Gasteiger partial charge in [-0.2, -0.15) is 0 Å². The average Bonchev–Trinajstić information content (AvgIpc) is 1.14. The highest BCUT2D eigenvalue weighted by molar-refractivity contribution is 6.38. The Balaban J connectivity index is 1.22. The number of ether oxygens (including phenoxy) is 5. The Labute approximate surface area is 524 Å². The molecule has 2 heterocycles. The zero-order chi connectivity index (χ0) is 65.1. The van der Waals surface area contributed by atoms with Gasteiger partial charge in [-0.3, -0.25) is 33.6 Å². The van der Waals surface area contributed by atoms with Crippen molar-refractivity contribution in [2.24, 2.45) is 11.3 Å². The normalized spacial score (nSPS) is 21.1. The predicted molar refractivity (Wildman–Crippen MR) is 330 cm³/mol. The van der Waals surface area contributed by atoms with Crippen LogP contribution in [0, 0.1) is 17.2 Å². The van der Waals surface area contributed by atoms with Crippen LogP contribution >= 0.6 is 0 Å². The molecule has 2 aliphatic heterocycles. The second kappa shape index (κ2) is 32.2. The van der Waals surface area contributed by atoms with Gasteiger partial charge in [0.2, 0.25) is 23.5 Å². The van der Waals surface area contributed by atoms with Crippen molar-refractivity contribution in [2.45, 2.75) is 102 Å². The van der Waals surface area contributed by atoms with E-state index in [2.05, 4.69) is 5.32 Å². The lowest BCUT2D eigenvalue weighted by molar-refractivity contribution is -0.165. The van der Waals surface area contributed by atoms with Crippen molar-refractivity contribution in [3.8, 4) is 23.0 Å². The molecule has 2 bridgehead atoms. The van der Waals surface area contributed by atoms with Crippen LogP contribution in [0.2, 0.25) is 0 Å². The smallest absolute Gasteiger partial charge is 0.330 e. The molecule has 0 aliphatic carbocycles. The third-order valence-corrected chi connectivity index (χ3v) is 16.2. The van der Waals surface area contributed by atoms with Crippen LogP contribution < -0.4 is 19.5 Å². The molecular weight excluding hydrogens is 1160 g/mol. The van der Waals surface area contributed by atoms with Crippen molar-refractivity contribution in [1.29, 1.82) is 0 Å². The van der Waals surface area contributed by atoms with Gasteiger partial charge in [-0.25, -0.2) is 14.0 Å². The van der Waals surface area contributed by atoms with E-state index in [9.17, 15) is 48.3 Å². The standard InChI is InChI=1S/C69H80FN5O15/c1-69(2)44-89-61(80)26-15-16-35-72(3)66(83)53(38-46-21-12-9-13-22-46)71-59(78)42-73(4)65(82)50(37-45-19-10-8-11-20-45)41-56(77)55(39-47-27-31-51(76)32-28-47)74(5)60(79)43-88-52-24-18-23-49(40-52)57(33-29-48-30-34-58(86-6)63(87-7)62(48)70)90-68(85)54-25-14-17-36-75(54)67(84)64(69)81/h8-13,15,18-24,26-28,30-32,34,40,50,53-55,57,76H,14,16-17,25,29,33,35-39,41-44H2,1-7H3,(H,71,78)/t50-,53+,54-,55-,57+/m0/s1. The van der Waals surface area contributed by atoms with Crippen LogP contribution in [-0.2, 0) is 78.3 Å². The molecule has 0 unspecified atom stereocenters. The maximum Gasteiger partial charge on any atom is 0.330 e. The molecule has 90 heavy (non-hydrogen) atoms. The van der Waals surface area contributed by atoms with Crippen LogP contribution in [0.5, 0.6) is 23.0 Å². The van der Waals surface area contributed by atoms with E-state index in [1.54, 1.807) is 73.8 Å². The second-order valence-electron chi connectivity index (χ2n) is 23.3. The van der Waals surface area contributed by atoms with Gasteiger partial charge < -0.3 is 53.7 Å². The quantitative estimate of drug-likeness (QED) is 0.0985. The molecule has 1 fully saturated rings. The van der Waals surface area contributed by atoms with E-state index in [-0.39, 0.29) is 93.0 Å². The summed E-state index contributed by atoms with van der Waals surface area (Å²) in [7, 11) is 7.09. The molecule has 0 aromatic heterocycles. The molecule has 2 N–H and O–H groups in total. The van der Waals surface area contributed by atoms with Crippen molar-refractivity contribution in [1.82, 2.24) is 24.9 Å². The minimum Gasteiger partial charge on any atom is -0.508 e. The topological polar surface area (TPSA) is 245 Å². The molecule has 478 valence electrons. The van der Waals surface area contributed by atoms with Crippen LogP contribution in [0.15, 0.2) is 133 Å². The zero-order valence-electron chi connectivity index (χ0n) is 52.0. The summed E-state index contributed by atoms with van der Waals surface area (Å²) >= 11 is 0. The minimum absolute atomic E-state index is 0.00139. The van der Waals surface area contributed by atoms with Gasteiger partial charge >= 0.3 is 11.9 Å². The SMILES string of the molecule is COc1ccc(CC[C@H]2OC(=O)[C@@H]3CCCCN3C(=O)C(=O)C(C)(C)COC(=O)C=CCCN(C)C(=O)[C@@H](Cc3ccccc3)NC(=O)CN(C)C(=O)[C@@H](Cc3ccccc3)CC(=O)[C@H](Cc3ccc(O)cc3)N(C)C(=O)COc3cccc2c3)c(F)c1OC. The molecule has 5 atom stereocenters. The number of phenolic OH excluding ortho intramolecular Hbond substituents is 1. The number of hydrogen-bond acceptors (Lipinski definition) is 15. The molecule has 1 saturated heterocycles. The van der Waals surface area contributed by atoms with Crippen LogP contribution in [0.25, 0.3) is 0 Å². The van der Waals surface area contributed by atoms with E-state index in [0.29, 0.717) is 24.0 Å². The molecule has 5 amide bonds. The number of rotatable bonds is 11. The third-order valence-electron chi connectivity index (χ3n) is 16.2. The molecule has 0 saturated carbocycles. The highest BCUT2D eigenvalue weighted by Gasteiger charge is 2.43. The fourth-order valence-electron chi connectivity index (χ4n) is 10.9. The van der Waals surface area contributed by atoms with Crippen molar-refractivity contribution in [2.75, 3.05) is 68.2 Å². The van der Waals surface area contributed by atoms with Gasteiger partial charge in [-0.05, 0) is 123 Å². The Bertz CT molecular complexity index is 3380. The van der Waals surface area contributed by atoms with Gasteiger partial charge in [0.1, 0.15) is 36.3 Å². The van der Waals surface area contributed by atoms with Gasteiger partial charge in [0.25, 0.3) is 11.8 Å². The molecule has 5 aromatic carbocycles. The van der Waals surface area contributed by atoms with E-state index in [4.69, 9.17) is 23.7 Å². The molecule has 2 aliphatic rings. The van der Waals surface area contributed by atoms with Crippen molar-refractivity contribution in [3.05, 3.63) is 167 Å². The summed E-state index contributed by atoms with van der Waals surface area (Å²) in [4.78, 5) is 133. The van der Waals surface area contributed by atoms with Gasteiger partial charge in [0.05, 0.1) is 32.2 Å². The summed E-state index contributed by atoms with van der Waals surface area (Å²) in [6.07, 6.45) is 2.56. The van der Waals surface area contributed by atoms with E-state index < -0.39 is 114 Å². The van der Waals surface area contributed by atoms with Crippen LogP contribution in [-0.4, -0.2) is 164 Å². The van der Waals surface area contributed by atoms with Gasteiger partial charge in [0.15, 0.2) is 29.7 Å². The van der Waals surface area contributed by atoms with Gasteiger partial charge in [-0.15, -0.1) is 0 Å². The number of aromatic hydroxyl groups is 1. The maximum atomic E-state index is 16.0. The van der Waals surface area contributed by atoms with Gasteiger partial charge in [0, 0.05) is 59.1 Å². The van der Waals surface area contributed by atoms with Crippen LogP contribution in [0.1, 0.15) is 86.3 Å². The number of methoxy groups -OCH3 is 2. The summed E-state index contributed by atoms with van der Waals surface area (Å²) in [5.41, 5.74) is 1.08. The van der Waals surface area contributed by atoms with Crippen molar-refractivity contribution < 1.29 is 76.3 Å². The number of phenols is 1. The van der Waals surface area contributed by atoms with Gasteiger partial charge in [-0.1, -0.05) is 97.1 Å². The lowest BCUT2D eigenvalue weighted by Crippen LogP contribution is -2.53. The molecule has 20 nitrogen and oxygen atoms in total. The highest BCUT2D eigenvalue weighted by Crippen LogP contribution is 2.35.